The molecule has 144 valence electrons. The van der Waals surface area contributed by atoms with Crippen LogP contribution in [0.5, 0.6) is 17.2 Å². The second-order valence-electron chi connectivity index (χ2n) is 6.16. The molecule has 0 aromatic heterocycles. The summed E-state index contributed by atoms with van der Waals surface area (Å²) in [5.74, 6) is 3.22. The molecule has 0 fully saturated rings. The molecule has 0 aliphatic carbocycles. The first-order chi connectivity index (χ1) is 13.1. The van der Waals surface area contributed by atoms with Crippen LogP contribution in [-0.4, -0.2) is 7.11 Å². The van der Waals surface area contributed by atoms with Crippen LogP contribution in [0.1, 0.15) is 44.7 Å². The van der Waals surface area contributed by atoms with E-state index in [1.807, 2.05) is 80.6 Å². The molecule has 0 spiro atoms. The SMILES string of the molecule is CC.CC(C)c1cccc(Oc2ccccc2)c1.COc1ccc(C)cc1. The van der Waals surface area contributed by atoms with Gasteiger partial charge in [0.15, 0.2) is 0 Å². The first-order valence-corrected chi connectivity index (χ1v) is 9.52. The van der Waals surface area contributed by atoms with Gasteiger partial charge in [0.25, 0.3) is 0 Å². The number of para-hydroxylation sites is 1. The van der Waals surface area contributed by atoms with Crippen LogP contribution in [0.2, 0.25) is 0 Å². The minimum Gasteiger partial charge on any atom is -0.497 e. The largest absolute Gasteiger partial charge is 0.497 e. The molecule has 27 heavy (non-hydrogen) atoms. The molecule has 0 atom stereocenters. The van der Waals surface area contributed by atoms with E-state index in [-0.39, 0.29) is 0 Å². The van der Waals surface area contributed by atoms with Gasteiger partial charge >= 0.3 is 0 Å². The van der Waals surface area contributed by atoms with Crippen LogP contribution in [0.25, 0.3) is 0 Å². The van der Waals surface area contributed by atoms with Crippen molar-refractivity contribution in [3.63, 3.8) is 0 Å². The quantitative estimate of drug-likeness (QED) is 0.474. The summed E-state index contributed by atoms with van der Waals surface area (Å²) in [7, 11) is 1.67. The molecule has 3 aromatic rings. The standard InChI is InChI=1S/C15H16O.C8H10O.C2H6/c1-12(2)13-7-6-10-15(11-13)16-14-8-4-3-5-9-14;1-7-3-5-8(9-2)6-4-7;1-2/h3-12H,1-2H3;3-6H,1-2H3;1-2H3. The normalized spacial score (nSPS) is 9.44. The third-order valence-electron chi connectivity index (χ3n) is 3.76. The zero-order valence-corrected chi connectivity index (χ0v) is 17.4. The van der Waals surface area contributed by atoms with Crippen LogP contribution in [-0.2, 0) is 0 Å². The van der Waals surface area contributed by atoms with Crippen molar-refractivity contribution in [3.05, 3.63) is 90.0 Å². The Morgan fingerprint density at radius 1 is 0.667 bits per heavy atom. The fraction of sp³-hybridized carbons (Fsp3) is 0.280. The highest BCUT2D eigenvalue weighted by atomic mass is 16.5. The van der Waals surface area contributed by atoms with E-state index in [0.717, 1.165) is 17.2 Å². The molecule has 0 radical (unpaired) electrons. The Morgan fingerprint density at radius 3 is 1.81 bits per heavy atom. The smallest absolute Gasteiger partial charge is 0.127 e. The van der Waals surface area contributed by atoms with Gasteiger partial charge in [0.05, 0.1) is 7.11 Å². The molecule has 0 saturated carbocycles. The van der Waals surface area contributed by atoms with E-state index >= 15 is 0 Å². The Balaban J connectivity index is 0.000000282. The minimum absolute atomic E-state index is 0.527. The molecule has 2 heteroatoms. The number of ether oxygens (including phenoxy) is 2. The van der Waals surface area contributed by atoms with Gasteiger partial charge in [-0.25, -0.2) is 0 Å². The lowest BCUT2D eigenvalue weighted by Gasteiger charge is -2.09. The highest BCUT2D eigenvalue weighted by Crippen LogP contribution is 2.24. The summed E-state index contributed by atoms with van der Waals surface area (Å²) in [6, 6.07) is 26.1. The fourth-order valence-electron chi connectivity index (χ4n) is 2.24. The topological polar surface area (TPSA) is 18.5 Å². The Hall–Kier alpha value is -2.74. The van der Waals surface area contributed by atoms with Crippen LogP contribution in [0, 0.1) is 6.92 Å². The predicted molar refractivity (Wildman–Crippen MR) is 116 cm³/mol. The lowest BCUT2D eigenvalue weighted by atomic mass is 10.0. The van der Waals surface area contributed by atoms with Crippen LogP contribution in [0.3, 0.4) is 0 Å². The maximum Gasteiger partial charge on any atom is 0.127 e. The number of benzene rings is 3. The molecular weight excluding hydrogens is 332 g/mol. The zero-order valence-electron chi connectivity index (χ0n) is 17.4. The molecule has 3 aromatic carbocycles. The van der Waals surface area contributed by atoms with E-state index in [0.29, 0.717) is 5.92 Å². The number of methoxy groups -OCH3 is 1. The Labute approximate surface area is 164 Å². The van der Waals surface area contributed by atoms with Gasteiger partial charge in [0.2, 0.25) is 0 Å². The monoisotopic (exact) mass is 364 g/mol. The fourth-order valence-corrected chi connectivity index (χ4v) is 2.24. The molecule has 0 aliphatic heterocycles. The van der Waals surface area contributed by atoms with Crippen molar-refractivity contribution >= 4 is 0 Å². The van der Waals surface area contributed by atoms with Gasteiger partial charge in [0, 0.05) is 0 Å². The summed E-state index contributed by atoms with van der Waals surface area (Å²) in [6.45, 7) is 10.4. The second-order valence-corrected chi connectivity index (χ2v) is 6.16. The van der Waals surface area contributed by atoms with Crippen molar-refractivity contribution in [2.75, 3.05) is 7.11 Å². The lowest BCUT2D eigenvalue weighted by molar-refractivity contribution is 0.414. The number of hydrogen-bond donors (Lipinski definition) is 0. The third kappa shape index (κ3) is 8.46. The average Bonchev–Trinajstić information content (AvgIpc) is 2.71. The molecule has 0 amide bonds. The molecule has 0 aliphatic rings. The summed E-state index contributed by atoms with van der Waals surface area (Å²) < 4.78 is 10.7. The average molecular weight is 365 g/mol. The van der Waals surface area contributed by atoms with E-state index in [4.69, 9.17) is 9.47 Å². The first kappa shape index (κ1) is 22.3. The molecule has 3 rings (SSSR count). The first-order valence-electron chi connectivity index (χ1n) is 9.52. The molecular formula is C25H32O2. The van der Waals surface area contributed by atoms with Gasteiger partial charge in [-0.15, -0.1) is 0 Å². The van der Waals surface area contributed by atoms with E-state index in [2.05, 4.69) is 32.9 Å². The van der Waals surface area contributed by atoms with Gasteiger partial charge in [-0.1, -0.05) is 75.7 Å². The maximum absolute atomic E-state index is 5.77. The summed E-state index contributed by atoms with van der Waals surface area (Å²) in [4.78, 5) is 0. The van der Waals surface area contributed by atoms with Crippen LogP contribution >= 0.6 is 0 Å². The van der Waals surface area contributed by atoms with E-state index in [9.17, 15) is 0 Å². The van der Waals surface area contributed by atoms with Crippen molar-refractivity contribution in [2.45, 2.75) is 40.5 Å². The van der Waals surface area contributed by atoms with Crippen molar-refractivity contribution in [1.29, 1.82) is 0 Å². The van der Waals surface area contributed by atoms with E-state index < -0.39 is 0 Å². The molecule has 0 N–H and O–H groups in total. The zero-order chi connectivity index (χ0) is 20.1. The van der Waals surface area contributed by atoms with Crippen molar-refractivity contribution in [1.82, 2.24) is 0 Å². The van der Waals surface area contributed by atoms with Crippen LogP contribution in [0.4, 0.5) is 0 Å². The Bertz CT molecular complexity index is 747. The minimum atomic E-state index is 0.527. The van der Waals surface area contributed by atoms with Gasteiger partial charge in [-0.2, -0.15) is 0 Å². The molecule has 0 unspecified atom stereocenters. The van der Waals surface area contributed by atoms with Crippen molar-refractivity contribution < 1.29 is 9.47 Å². The maximum atomic E-state index is 5.77. The van der Waals surface area contributed by atoms with Gasteiger partial charge in [-0.05, 0) is 54.8 Å². The molecule has 0 bridgehead atoms. The summed E-state index contributed by atoms with van der Waals surface area (Å²) in [5.41, 5.74) is 2.56. The number of aryl methyl sites for hydroxylation is 1. The summed E-state index contributed by atoms with van der Waals surface area (Å²) in [6.07, 6.45) is 0. The summed E-state index contributed by atoms with van der Waals surface area (Å²) >= 11 is 0. The highest BCUT2D eigenvalue weighted by molar-refractivity contribution is 5.34. The van der Waals surface area contributed by atoms with Gasteiger partial charge in [0.1, 0.15) is 17.2 Å². The lowest BCUT2D eigenvalue weighted by Crippen LogP contribution is -1.89. The Kier molecular flexibility index (Phi) is 10.4. The van der Waals surface area contributed by atoms with E-state index in [1.54, 1.807) is 7.11 Å². The number of hydrogen-bond acceptors (Lipinski definition) is 2. The van der Waals surface area contributed by atoms with Crippen molar-refractivity contribution in [3.8, 4) is 17.2 Å². The number of rotatable bonds is 4. The second kappa shape index (κ2) is 12.6. The van der Waals surface area contributed by atoms with Crippen LogP contribution < -0.4 is 9.47 Å². The molecule has 0 heterocycles. The molecule has 2 nitrogen and oxygen atoms in total. The van der Waals surface area contributed by atoms with Gasteiger partial charge in [-0.3, -0.25) is 0 Å². The Morgan fingerprint density at radius 2 is 1.26 bits per heavy atom. The summed E-state index contributed by atoms with van der Waals surface area (Å²) in [5, 5.41) is 0. The van der Waals surface area contributed by atoms with E-state index in [1.165, 1.54) is 11.1 Å². The van der Waals surface area contributed by atoms with Crippen LogP contribution in [0.15, 0.2) is 78.9 Å². The molecule has 0 saturated heterocycles. The third-order valence-corrected chi connectivity index (χ3v) is 3.76. The van der Waals surface area contributed by atoms with Gasteiger partial charge < -0.3 is 9.47 Å². The predicted octanol–water partition coefficient (Wildman–Crippen LogP) is 7.63. The highest BCUT2D eigenvalue weighted by Gasteiger charge is 2.01. The van der Waals surface area contributed by atoms with Crippen molar-refractivity contribution in [2.24, 2.45) is 0 Å².